The molecule has 1 aromatic carbocycles. The van der Waals surface area contributed by atoms with Crippen molar-refractivity contribution in [3.8, 4) is 0 Å². The van der Waals surface area contributed by atoms with Gasteiger partial charge < -0.3 is 0 Å². The second kappa shape index (κ2) is 14.5. The van der Waals surface area contributed by atoms with E-state index >= 15 is 0 Å². The first-order valence-electron chi connectivity index (χ1n) is 10.7. The molecule has 0 aliphatic heterocycles. The van der Waals surface area contributed by atoms with Gasteiger partial charge in [0.05, 0.1) is 0 Å². The Labute approximate surface area is 187 Å². The fourth-order valence-corrected chi connectivity index (χ4v) is 3.13. The molecule has 0 N–H and O–H groups in total. The Morgan fingerprint density at radius 1 is 1.21 bits per heavy atom. The van der Waals surface area contributed by atoms with Crippen molar-refractivity contribution in [1.29, 1.82) is 0 Å². The van der Waals surface area contributed by atoms with Crippen molar-refractivity contribution >= 4 is 27.4 Å². The summed E-state index contributed by atoms with van der Waals surface area (Å²) in [7, 11) is 0. The van der Waals surface area contributed by atoms with Gasteiger partial charge in [-0.3, -0.25) is 9.79 Å². The first kappa shape index (κ1) is 27.5. The molecule has 0 saturated heterocycles. The number of carbonyl (C=O) groups is 1. The summed E-state index contributed by atoms with van der Waals surface area (Å²) in [6.07, 6.45) is 4.74. The van der Waals surface area contributed by atoms with E-state index in [2.05, 4.69) is 73.4 Å². The third kappa shape index (κ3) is 11.3. The molecule has 1 rings (SSSR count). The molecule has 0 aliphatic rings. The van der Waals surface area contributed by atoms with E-state index < -0.39 is 0 Å². The molecule has 29 heavy (non-hydrogen) atoms. The van der Waals surface area contributed by atoms with Gasteiger partial charge in [0.15, 0.2) is 0 Å². The minimum Gasteiger partial charge on any atom is -0.299 e. The van der Waals surface area contributed by atoms with Crippen LogP contribution in [0, 0.1) is 17.8 Å². The first-order valence-corrected chi connectivity index (χ1v) is 11.5. The molecule has 0 amide bonds. The van der Waals surface area contributed by atoms with Gasteiger partial charge in [0.1, 0.15) is 5.78 Å². The lowest BCUT2D eigenvalue weighted by molar-refractivity contribution is -0.122. The summed E-state index contributed by atoms with van der Waals surface area (Å²) in [5.41, 5.74) is 4.57. The van der Waals surface area contributed by atoms with Crippen molar-refractivity contribution in [3.05, 3.63) is 58.2 Å². The van der Waals surface area contributed by atoms with Crippen LogP contribution in [0.1, 0.15) is 80.2 Å². The zero-order valence-corrected chi connectivity index (χ0v) is 21.3. The summed E-state index contributed by atoms with van der Waals surface area (Å²) in [5.74, 6) is 1.65. The highest BCUT2D eigenvalue weighted by atomic mass is 79.9. The van der Waals surface area contributed by atoms with Crippen LogP contribution in [0.5, 0.6) is 0 Å². The molecule has 0 spiro atoms. The highest BCUT2D eigenvalue weighted by molar-refractivity contribution is 9.10. The Bertz CT molecular complexity index is 715. The molecule has 2 unspecified atom stereocenters. The number of halogens is 1. The standard InChI is InChI=1S/C13H16BrN.C13H24O/c1-4-13(5-2)15-10(3)11-7-6-8-12(14)9-11;1-9(2)12(6)11(5)7-8-13(14)10(3)4/h4,6-9H,5H2,1-3H3;10-12H,1,7-8H2,2-6H3/b13-4-,15-10?;. The van der Waals surface area contributed by atoms with Crippen LogP contribution in [0.25, 0.3) is 0 Å². The predicted molar refractivity (Wildman–Crippen MR) is 133 cm³/mol. The molecule has 2 nitrogen and oxygen atoms in total. The van der Waals surface area contributed by atoms with Crippen molar-refractivity contribution in [2.45, 2.75) is 74.7 Å². The van der Waals surface area contributed by atoms with Crippen molar-refractivity contribution < 1.29 is 4.79 Å². The normalized spacial score (nSPS) is 14.1. The lowest BCUT2D eigenvalue weighted by Crippen LogP contribution is -2.13. The number of hydrogen-bond acceptors (Lipinski definition) is 2. The van der Waals surface area contributed by atoms with Crippen molar-refractivity contribution in [2.75, 3.05) is 0 Å². The second-order valence-corrected chi connectivity index (χ2v) is 9.03. The van der Waals surface area contributed by atoms with Crippen LogP contribution in [0.4, 0.5) is 0 Å². The van der Waals surface area contributed by atoms with Gasteiger partial charge in [0.2, 0.25) is 0 Å². The number of carbonyl (C=O) groups excluding carboxylic acids is 1. The summed E-state index contributed by atoms with van der Waals surface area (Å²) in [6.45, 7) is 20.5. The monoisotopic (exact) mass is 461 g/mol. The zero-order valence-electron chi connectivity index (χ0n) is 19.7. The number of ketones is 1. The fourth-order valence-electron chi connectivity index (χ4n) is 2.74. The summed E-state index contributed by atoms with van der Waals surface area (Å²) < 4.78 is 1.09. The maximum atomic E-state index is 11.4. The number of benzene rings is 1. The van der Waals surface area contributed by atoms with E-state index in [1.807, 2.05) is 39.8 Å². The quantitative estimate of drug-likeness (QED) is 0.268. The van der Waals surface area contributed by atoms with E-state index in [1.54, 1.807) is 0 Å². The van der Waals surface area contributed by atoms with Gasteiger partial charge in [-0.15, -0.1) is 0 Å². The van der Waals surface area contributed by atoms with Crippen LogP contribution in [-0.2, 0) is 4.79 Å². The molecule has 2 atom stereocenters. The average Bonchev–Trinajstić information content (AvgIpc) is 2.69. The van der Waals surface area contributed by atoms with Gasteiger partial charge in [-0.2, -0.15) is 0 Å². The van der Waals surface area contributed by atoms with E-state index in [-0.39, 0.29) is 5.92 Å². The maximum absolute atomic E-state index is 11.4. The van der Waals surface area contributed by atoms with Crippen LogP contribution >= 0.6 is 15.9 Å². The van der Waals surface area contributed by atoms with Crippen LogP contribution in [0.3, 0.4) is 0 Å². The Balaban J connectivity index is 0.000000543. The smallest absolute Gasteiger partial charge is 0.135 e. The predicted octanol–water partition coefficient (Wildman–Crippen LogP) is 8.41. The molecular formula is C26H40BrNO. The summed E-state index contributed by atoms with van der Waals surface area (Å²) in [4.78, 5) is 16.0. The van der Waals surface area contributed by atoms with Gasteiger partial charge in [0.25, 0.3) is 0 Å². The molecule has 0 saturated carbocycles. The van der Waals surface area contributed by atoms with Crippen LogP contribution in [-0.4, -0.2) is 11.5 Å². The largest absolute Gasteiger partial charge is 0.299 e. The molecule has 0 bridgehead atoms. The Hall–Kier alpha value is -1.48. The van der Waals surface area contributed by atoms with E-state index in [0.29, 0.717) is 17.6 Å². The van der Waals surface area contributed by atoms with Crippen LogP contribution in [0.15, 0.2) is 57.7 Å². The first-order chi connectivity index (χ1) is 13.5. The highest BCUT2D eigenvalue weighted by Crippen LogP contribution is 2.23. The molecule has 0 heterocycles. The second-order valence-electron chi connectivity index (χ2n) is 8.11. The molecule has 0 radical (unpaired) electrons. The number of nitrogens with zero attached hydrogens (tertiary/aromatic N) is 1. The molecule has 1 aromatic rings. The minimum atomic E-state index is 0.183. The van der Waals surface area contributed by atoms with Gasteiger partial charge >= 0.3 is 0 Å². The van der Waals surface area contributed by atoms with Crippen molar-refractivity contribution in [2.24, 2.45) is 22.7 Å². The van der Waals surface area contributed by atoms with Crippen LogP contribution < -0.4 is 0 Å². The Morgan fingerprint density at radius 2 is 1.83 bits per heavy atom. The van der Waals surface area contributed by atoms with Crippen molar-refractivity contribution in [3.63, 3.8) is 0 Å². The van der Waals surface area contributed by atoms with Gasteiger partial charge in [-0.25, -0.2) is 0 Å². The van der Waals surface area contributed by atoms with Gasteiger partial charge in [0, 0.05) is 28.2 Å². The topological polar surface area (TPSA) is 29.4 Å². The Kier molecular flexibility index (Phi) is 13.8. The van der Waals surface area contributed by atoms with Gasteiger partial charge in [-0.05, 0) is 63.1 Å². The summed E-state index contributed by atoms with van der Waals surface area (Å²) in [5, 5.41) is 0. The average molecular weight is 463 g/mol. The molecule has 0 aliphatic carbocycles. The van der Waals surface area contributed by atoms with Crippen molar-refractivity contribution in [1.82, 2.24) is 0 Å². The maximum Gasteiger partial charge on any atom is 0.135 e. The van der Waals surface area contributed by atoms with E-state index in [1.165, 1.54) is 5.57 Å². The molecular weight excluding hydrogens is 422 g/mol. The zero-order chi connectivity index (χ0) is 22.6. The fraction of sp³-hybridized carbons (Fsp3) is 0.538. The number of rotatable bonds is 9. The molecule has 3 heteroatoms. The minimum absolute atomic E-state index is 0.183. The number of allylic oxidation sites excluding steroid dienone is 3. The lowest BCUT2D eigenvalue weighted by Gasteiger charge is -2.19. The van der Waals surface area contributed by atoms with E-state index in [0.717, 1.165) is 40.7 Å². The van der Waals surface area contributed by atoms with E-state index in [4.69, 9.17) is 0 Å². The van der Waals surface area contributed by atoms with Gasteiger partial charge in [-0.1, -0.05) is 80.9 Å². The SMILES string of the molecule is C/C=C(/CC)N=C(C)c1cccc(Br)c1.C=C(C)C(C)C(C)CCC(=O)C(C)C. The third-order valence-electron chi connectivity index (χ3n) is 5.37. The number of aliphatic imine (C=N–C) groups is 1. The highest BCUT2D eigenvalue weighted by Gasteiger charge is 2.15. The molecule has 0 aromatic heterocycles. The van der Waals surface area contributed by atoms with Crippen LogP contribution in [0.2, 0.25) is 0 Å². The Morgan fingerprint density at radius 3 is 2.28 bits per heavy atom. The molecule has 162 valence electrons. The summed E-state index contributed by atoms with van der Waals surface area (Å²) >= 11 is 3.46. The summed E-state index contributed by atoms with van der Waals surface area (Å²) in [6, 6.07) is 8.21. The molecule has 0 fully saturated rings. The third-order valence-corrected chi connectivity index (χ3v) is 5.86. The number of Topliss-reactive ketones (excluding diaryl/α,β-unsaturated/α-hetero) is 1. The lowest BCUT2D eigenvalue weighted by atomic mass is 9.86. The number of hydrogen-bond donors (Lipinski definition) is 0. The van der Waals surface area contributed by atoms with E-state index in [9.17, 15) is 4.79 Å².